The Balaban J connectivity index is 2.30. The average molecular weight is 368 g/mol. The van der Waals surface area contributed by atoms with E-state index in [2.05, 4.69) is 0 Å². The van der Waals surface area contributed by atoms with Gasteiger partial charge in [0.15, 0.2) is 0 Å². The van der Waals surface area contributed by atoms with E-state index < -0.39 is 22.6 Å². The quantitative estimate of drug-likeness (QED) is 0.544. The lowest BCUT2D eigenvalue weighted by atomic mass is 9.86. The van der Waals surface area contributed by atoms with Crippen molar-refractivity contribution in [2.75, 3.05) is 7.11 Å². The topological polar surface area (TPSA) is 75.6 Å². The van der Waals surface area contributed by atoms with Crippen molar-refractivity contribution in [3.63, 3.8) is 0 Å². The van der Waals surface area contributed by atoms with Crippen LogP contribution in [-0.4, -0.2) is 27.7 Å². The van der Waals surface area contributed by atoms with Crippen LogP contribution >= 0.6 is 0 Å². The fourth-order valence-electron chi connectivity index (χ4n) is 3.80. The Bertz CT molecular complexity index is 582. The van der Waals surface area contributed by atoms with Gasteiger partial charge in [-0.1, -0.05) is 39.5 Å². The maximum atomic E-state index is 13.3. The summed E-state index contributed by atoms with van der Waals surface area (Å²) in [6.45, 7) is 3.87. The molecule has 0 spiro atoms. The lowest BCUT2D eigenvalue weighted by molar-refractivity contribution is -0.134. The van der Waals surface area contributed by atoms with E-state index in [1.807, 2.05) is 13.8 Å². The molecule has 140 valence electrons. The molecule has 0 radical (unpaired) electrons. The van der Waals surface area contributed by atoms with Crippen molar-refractivity contribution in [2.45, 2.75) is 56.1 Å². The van der Waals surface area contributed by atoms with E-state index in [-0.39, 0.29) is 11.2 Å². The van der Waals surface area contributed by atoms with Crippen LogP contribution in [0.15, 0.2) is 29.2 Å². The molecule has 1 fully saturated rings. The lowest BCUT2D eigenvalue weighted by Gasteiger charge is -2.30. The minimum Gasteiger partial charge on any atom is -0.497 e. The van der Waals surface area contributed by atoms with E-state index in [1.54, 1.807) is 36.9 Å². The van der Waals surface area contributed by atoms with Gasteiger partial charge in [0, 0.05) is 4.90 Å². The van der Waals surface area contributed by atoms with E-state index in [1.165, 1.54) is 12.8 Å². The largest absolute Gasteiger partial charge is 0.497 e. The molecule has 0 aromatic heterocycles. The summed E-state index contributed by atoms with van der Waals surface area (Å²) < 4.78 is 18.5. The van der Waals surface area contributed by atoms with Crippen molar-refractivity contribution >= 4 is 16.7 Å². The minimum absolute atomic E-state index is 0.0132. The van der Waals surface area contributed by atoms with Gasteiger partial charge >= 0.3 is 0 Å². The van der Waals surface area contributed by atoms with Crippen molar-refractivity contribution < 1.29 is 18.9 Å². The van der Waals surface area contributed by atoms with Crippen molar-refractivity contribution in [1.82, 2.24) is 5.48 Å². The number of rotatable bonds is 8. The molecule has 3 unspecified atom stereocenters. The van der Waals surface area contributed by atoms with Crippen molar-refractivity contribution in [2.24, 2.45) is 17.8 Å². The zero-order valence-corrected chi connectivity index (χ0v) is 16.1. The van der Waals surface area contributed by atoms with Gasteiger partial charge in [-0.05, 0) is 42.5 Å². The number of hydroxylamine groups is 1. The molecular formula is C19H29NO4S. The predicted octanol–water partition coefficient (Wildman–Crippen LogP) is 3.53. The van der Waals surface area contributed by atoms with Crippen LogP contribution in [0.1, 0.15) is 46.0 Å². The minimum atomic E-state index is -1.33. The van der Waals surface area contributed by atoms with Crippen LogP contribution in [0.25, 0.3) is 0 Å². The molecule has 0 heterocycles. The van der Waals surface area contributed by atoms with Crippen molar-refractivity contribution in [1.29, 1.82) is 0 Å². The summed E-state index contributed by atoms with van der Waals surface area (Å²) in [4.78, 5) is 13.0. The zero-order valence-electron chi connectivity index (χ0n) is 15.2. The smallest absolute Gasteiger partial charge is 0.247 e. The highest BCUT2D eigenvalue weighted by Crippen LogP contribution is 2.35. The number of amides is 1. The highest BCUT2D eigenvalue weighted by atomic mass is 32.2. The molecule has 1 aromatic carbocycles. The van der Waals surface area contributed by atoms with E-state index in [4.69, 9.17) is 9.94 Å². The van der Waals surface area contributed by atoms with Gasteiger partial charge in [-0.2, -0.15) is 0 Å². The Morgan fingerprint density at radius 1 is 1.28 bits per heavy atom. The van der Waals surface area contributed by atoms with Crippen LogP contribution in [-0.2, 0) is 15.6 Å². The molecule has 3 atom stereocenters. The maximum Gasteiger partial charge on any atom is 0.247 e. The lowest BCUT2D eigenvalue weighted by Crippen LogP contribution is -2.42. The molecule has 5 nitrogen and oxygen atoms in total. The first-order chi connectivity index (χ1) is 12.0. The van der Waals surface area contributed by atoms with Gasteiger partial charge in [0.2, 0.25) is 5.91 Å². The van der Waals surface area contributed by atoms with Crippen LogP contribution in [0.2, 0.25) is 0 Å². The molecule has 0 saturated heterocycles. The molecule has 6 heteroatoms. The van der Waals surface area contributed by atoms with Gasteiger partial charge in [-0.3, -0.25) is 14.2 Å². The number of methoxy groups -OCH3 is 1. The standard InChI is InChI=1S/C19H29NO4S/c1-13(2)18(19(21)20-22)17(12-14-6-4-5-7-14)25(23)16-10-8-15(24-3)9-11-16/h8-11,13-14,17-18,22H,4-7,12H2,1-3H3,(H,20,21). The van der Waals surface area contributed by atoms with Gasteiger partial charge in [0.05, 0.1) is 29.1 Å². The predicted molar refractivity (Wildman–Crippen MR) is 98.0 cm³/mol. The van der Waals surface area contributed by atoms with E-state index in [0.29, 0.717) is 16.6 Å². The van der Waals surface area contributed by atoms with E-state index in [9.17, 15) is 9.00 Å². The molecule has 1 aliphatic carbocycles. The molecule has 1 aromatic rings. The first-order valence-corrected chi connectivity index (χ1v) is 10.2. The molecule has 1 saturated carbocycles. The van der Waals surface area contributed by atoms with Crippen LogP contribution in [0.3, 0.4) is 0 Å². The Morgan fingerprint density at radius 2 is 1.88 bits per heavy atom. The van der Waals surface area contributed by atoms with Gasteiger partial charge in [0.1, 0.15) is 5.75 Å². The molecule has 0 bridgehead atoms. The number of carbonyl (C=O) groups excluding carboxylic acids is 1. The van der Waals surface area contributed by atoms with Crippen molar-refractivity contribution in [3.8, 4) is 5.75 Å². The summed E-state index contributed by atoms with van der Waals surface area (Å²) in [6.07, 6.45) is 5.40. The number of nitrogens with one attached hydrogen (secondary N) is 1. The van der Waals surface area contributed by atoms with Crippen LogP contribution < -0.4 is 10.2 Å². The SMILES string of the molecule is COc1ccc(S(=O)C(CC2CCCC2)C(C(=O)NO)C(C)C)cc1. The Labute approximate surface area is 152 Å². The summed E-state index contributed by atoms with van der Waals surface area (Å²) in [5, 5.41) is 8.85. The average Bonchev–Trinajstić information content (AvgIpc) is 3.13. The van der Waals surface area contributed by atoms with Crippen molar-refractivity contribution in [3.05, 3.63) is 24.3 Å². The third kappa shape index (κ3) is 5.05. The molecule has 1 amide bonds. The molecule has 0 aliphatic heterocycles. The highest BCUT2D eigenvalue weighted by Gasteiger charge is 2.37. The monoisotopic (exact) mass is 367 g/mol. The number of hydrogen-bond acceptors (Lipinski definition) is 4. The summed E-state index contributed by atoms with van der Waals surface area (Å²) in [7, 11) is 0.265. The molecule has 2 rings (SSSR count). The molecule has 2 N–H and O–H groups in total. The second-order valence-electron chi connectivity index (χ2n) is 7.14. The molecule has 1 aliphatic rings. The van der Waals surface area contributed by atoms with Crippen LogP contribution in [0.5, 0.6) is 5.75 Å². The Kier molecular flexibility index (Phi) is 7.44. The first kappa shape index (κ1) is 19.9. The van der Waals surface area contributed by atoms with Gasteiger partial charge in [0.25, 0.3) is 0 Å². The Hall–Kier alpha value is -1.40. The van der Waals surface area contributed by atoms with Crippen LogP contribution in [0.4, 0.5) is 0 Å². The van der Waals surface area contributed by atoms with Crippen LogP contribution in [0, 0.1) is 17.8 Å². The van der Waals surface area contributed by atoms with Gasteiger partial charge in [-0.25, -0.2) is 5.48 Å². The van der Waals surface area contributed by atoms with E-state index in [0.717, 1.165) is 19.3 Å². The number of hydrogen-bond donors (Lipinski definition) is 2. The number of ether oxygens (including phenoxy) is 1. The fourth-order valence-corrected chi connectivity index (χ4v) is 5.71. The van der Waals surface area contributed by atoms with E-state index >= 15 is 0 Å². The zero-order chi connectivity index (χ0) is 18.4. The summed E-state index contributed by atoms with van der Waals surface area (Å²) >= 11 is 0. The molecular weight excluding hydrogens is 338 g/mol. The summed E-state index contributed by atoms with van der Waals surface area (Å²) in [5.41, 5.74) is 1.78. The third-order valence-corrected chi connectivity index (χ3v) is 6.91. The summed E-state index contributed by atoms with van der Waals surface area (Å²) in [5.74, 6) is 0.260. The Morgan fingerprint density at radius 3 is 2.36 bits per heavy atom. The highest BCUT2D eigenvalue weighted by molar-refractivity contribution is 7.85. The second-order valence-corrected chi connectivity index (χ2v) is 8.82. The maximum absolute atomic E-state index is 13.3. The first-order valence-electron chi connectivity index (χ1n) is 8.96. The molecule has 25 heavy (non-hydrogen) atoms. The summed E-state index contributed by atoms with van der Waals surface area (Å²) in [6, 6.07) is 7.17. The third-order valence-electron chi connectivity index (χ3n) is 5.14. The normalized spacial score (nSPS) is 18.8. The van der Waals surface area contributed by atoms with Gasteiger partial charge < -0.3 is 4.74 Å². The number of benzene rings is 1. The fraction of sp³-hybridized carbons (Fsp3) is 0.632. The van der Waals surface area contributed by atoms with Gasteiger partial charge in [-0.15, -0.1) is 0 Å². The number of carbonyl (C=O) groups is 1. The second kappa shape index (κ2) is 9.34.